The number of fused-ring (bicyclic) bond motifs is 2. The smallest absolute Gasteiger partial charge is 0.252 e. The van der Waals surface area contributed by atoms with E-state index in [4.69, 9.17) is 9.47 Å². The number of nitrogens with zero attached hydrogens (tertiary/aromatic N) is 5. The van der Waals surface area contributed by atoms with Crippen molar-refractivity contribution in [1.82, 2.24) is 30.1 Å². The van der Waals surface area contributed by atoms with Crippen LogP contribution in [0.5, 0.6) is 11.5 Å². The molecule has 0 amide bonds. The molecule has 5 aromatic rings. The van der Waals surface area contributed by atoms with Crippen LogP contribution in [0.1, 0.15) is 47.6 Å². The van der Waals surface area contributed by atoms with Gasteiger partial charge in [0, 0.05) is 35.0 Å². The fraction of sp³-hybridized carbons (Fsp3) is 0.286. The number of aromatic amines is 1. The lowest BCUT2D eigenvalue weighted by molar-refractivity contribution is 0.157. The molecule has 4 heterocycles. The Labute approximate surface area is 227 Å². The molecule has 6 rings (SSSR count). The molecule has 0 saturated carbocycles. The molecule has 200 valence electrons. The van der Waals surface area contributed by atoms with Gasteiger partial charge in [-0.2, -0.15) is 0 Å². The molecule has 3 aromatic heterocycles. The van der Waals surface area contributed by atoms with Crippen LogP contribution in [0, 0.1) is 5.82 Å². The van der Waals surface area contributed by atoms with Gasteiger partial charge in [0.1, 0.15) is 5.82 Å². The number of pyridine rings is 1. The van der Waals surface area contributed by atoms with E-state index < -0.39 is 0 Å². The molecule has 1 unspecified atom stereocenters. The Balaban J connectivity index is 1.36. The average Bonchev–Trinajstić information content (AvgIpc) is 3.70. The number of halogens is 1. The molecule has 1 atom stereocenters. The van der Waals surface area contributed by atoms with Crippen molar-refractivity contribution in [2.75, 3.05) is 6.79 Å². The molecule has 0 saturated heterocycles. The summed E-state index contributed by atoms with van der Waals surface area (Å²) in [6, 6.07) is 15.9. The van der Waals surface area contributed by atoms with Gasteiger partial charge in [-0.05, 0) is 58.1 Å². The monoisotopic (exact) mass is 546 g/mol. The van der Waals surface area contributed by atoms with E-state index in [1.54, 1.807) is 34.2 Å². The van der Waals surface area contributed by atoms with Crippen LogP contribution in [-0.2, 0) is 19.6 Å². The van der Waals surface area contributed by atoms with Gasteiger partial charge in [0.05, 0.1) is 18.1 Å². The number of thiophene rings is 1. The Hall–Kier alpha value is -4.09. The summed E-state index contributed by atoms with van der Waals surface area (Å²) in [5.41, 5.74) is 2.08. The van der Waals surface area contributed by atoms with Crippen LogP contribution in [0.15, 0.2) is 64.8 Å². The van der Waals surface area contributed by atoms with Gasteiger partial charge < -0.3 is 14.5 Å². The van der Waals surface area contributed by atoms with Gasteiger partial charge in [-0.15, -0.1) is 16.4 Å². The summed E-state index contributed by atoms with van der Waals surface area (Å²) in [6.07, 6.45) is 1.69. The van der Waals surface area contributed by atoms with Crippen LogP contribution in [0.4, 0.5) is 4.39 Å². The van der Waals surface area contributed by atoms with Crippen LogP contribution in [0.2, 0.25) is 0 Å². The zero-order valence-electron chi connectivity index (χ0n) is 21.3. The Morgan fingerprint density at radius 3 is 2.72 bits per heavy atom. The van der Waals surface area contributed by atoms with Crippen molar-refractivity contribution in [1.29, 1.82) is 0 Å². The Morgan fingerprint density at radius 1 is 1.13 bits per heavy atom. The van der Waals surface area contributed by atoms with E-state index >= 15 is 0 Å². The van der Waals surface area contributed by atoms with E-state index in [9.17, 15) is 9.18 Å². The maximum Gasteiger partial charge on any atom is 0.252 e. The lowest BCUT2D eigenvalue weighted by Crippen LogP contribution is -2.32. The van der Waals surface area contributed by atoms with Crippen molar-refractivity contribution in [2.24, 2.45) is 0 Å². The number of H-pyrrole nitrogens is 1. The number of ether oxygens (including phenoxy) is 2. The lowest BCUT2D eigenvalue weighted by Gasteiger charge is -2.30. The molecule has 1 N–H and O–H groups in total. The highest BCUT2D eigenvalue weighted by Crippen LogP contribution is 2.35. The normalized spacial score (nSPS) is 13.4. The number of rotatable bonds is 10. The number of benzene rings is 2. The Kier molecular flexibility index (Phi) is 7.08. The molecule has 1 aliphatic heterocycles. The first-order valence-electron chi connectivity index (χ1n) is 12.8. The fourth-order valence-electron chi connectivity index (χ4n) is 4.93. The van der Waals surface area contributed by atoms with Gasteiger partial charge in [-0.25, -0.2) is 9.07 Å². The number of hydrogen-bond acceptors (Lipinski definition) is 8. The van der Waals surface area contributed by atoms with Crippen LogP contribution < -0.4 is 15.0 Å². The molecule has 0 spiro atoms. The number of tetrazole rings is 1. The predicted molar refractivity (Wildman–Crippen MR) is 145 cm³/mol. The Bertz CT molecular complexity index is 1630. The van der Waals surface area contributed by atoms with Crippen molar-refractivity contribution in [3.05, 3.63) is 98.0 Å². The first kappa shape index (κ1) is 25.2. The van der Waals surface area contributed by atoms with Crippen LogP contribution in [-0.4, -0.2) is 36.9 Å². The summed E-state index contributed by atoms with van der Waals surface area (Å²) in [5, 5.41) is 15.6. The minimum absolute atomic E-state index is 0.153. The summed E-state index contributed by atoms with van der Waals surface area (Å²) in [4.78, 5) is 19.7. The summed E-state index contributed by atoms with van der Waals surface area (Å²) >= 11 is 1.67. The summed E-state index contributed by atoms with van der Waals surface area (Å²) in [6.45, 7) is 3.73. The summed E-state index contributed by atoms with van der Waals surface area (Å²) in [7, 11) is 0. The molecular formula is C28H27FN6O3S. The minimum Gasteiger partial charge on any atom is -0.454 e. The third-order valence-electron chi connectivity index (χ3n) is 6.83. The molecule has 0 aliphatic carbocycles. The van der Waals surface area contributed by atoms with E-state index in [1.807, 2.05) is 23.6 Å². The molecule has 0 radical (unpaired) electrons. The average molecular weight is 547 g/mol. The predicted octanol–water partition coefficient (Wildman–Crippen LogP) is 5.04. The van der Waals surface area contributed by atoms with Gasteiger partial charge in [0.25, 0.3) is 5.56 Å². The third-order valence-corrected chi connectivity index (χ3v) is 7.69. The molecular weight excluding hydrogens is 519 g/mol. The number of nitrogens with one attached hydrogen (secondary N) is 1. The number of aromatic nitrogens is 5. The summed E-state index contributed by atoms with van der Waals surface area (Å²) < 4.78 is 26.2. The number of hydrogen-bond donors (Lipinski definition) is 1. The second-order valence-corrected chi connectivity index (χ2v) is 10.6. The maximum atomic E-state index is 13.5. The van der Waals surface area contributed by atoms with Gasteiger partial charge in [0.2, 0.25) is 6.79 Å². The van der Waals surface area contributed by atoms with Crippen LogP contribution >= 0.6 is 11.3 Å². The minimum atomic E-state index is -0.286. The van der Waals surface area contributed by atoms with E-state index in [0.717, 1.165) is 23.8 Å². The van der Waals surface area contributed by atoms with E-state index in [2.05, 4.69) is 38.4 Å². The van der Waals surface area contributed by atoms with Gasteiger partial charge in [-0.3, -0.25) is 9.69 Å². The zero-order chi connectivity index (χ0) is 26.8. The fourth-order valence-corrected chi connectivity index (χ4v) is 5.66. The molecule has 0 bridgehead atoms. The first-order chi connectivity index (χ1) is 19.1. The van der Waals surface area contributed by atoms with Crippen molar-refractivity contribution in [3.63, 3.8) is 0 Å². The van der Waals surface area contributed by atoms with Crippen molar-refractivity contribution < 1.29 is 13.9 Å². The molecule has 9 nitrogen and oxygen atoms in total. The molecule has 0 fully saturated rings. The standard InChI is InChI=1S/C28H27FN6O3S/c1-2-4-24(27-31-32-33-35(27)14-18-6-8-21(29)9-7-18)34(16-22-5-3-10-39-22)15-20-11-19-12-25-26(38-17-37-25)13-23(19)30-28(20)36/h3,5-13,24H,2,4,14-17H2,1H3,(H,30,36). The molecule has 39 heavy (non-hydrogen) atoms. The quantitative estimate of drug-likeness (QED) is 0.262. The largest absolute Gasteiger partial charge is 0.454 e. The topological polar surface area (TPSA) is 98.2 Å². The van der Waals surface area contributed by atoms with Gasteiger partial charge >= 0.3 is 0 Å². The summed E-state index contributed by atoms with van der Waals surface area (Å²) in [5.74, 6) is 1.71. The highest BCUT2D eigenvalue weighted by atomic mass is 32.1. The zero-order valence-corrected chi connectivity index (χ0v) is 22.2. The van der Waals surface area contributed by atoms with Crippen molar-refractivity contribution in [2.45, 2.75) is 45.4 Å². The van der Waals surface area contributed by atoms with Gasteiger partial charge in [0.15, 0.2) is 17.3 Å². The second-order valence-electron chi connectivity index (χ2n) is 9.53. The van der Waals surface area contributed by atoms with E-state index in [-0.39, 0.29) is 24.2 Å². The van der Waals surface area contributed by atoms with Crippen molar-refractivity contribution >= 4 is 22.2 Å². The van der Waals surface area contributed by atoms with E-state index in [0.29, 0.717) is 48.0 Å². The van der Waals surface area contributed by atoms with Gasteiger partial charge in [-0.1, -0.05) is 31.5 Å². The first-order valence-corrected chi connectivity index (χ1v) is 13.7. The van der Waals surface area contributed by atoms with Crippen molar-refractivity contribution in [3.8, 4) is 11.5 Å². The maximum absolute atomic E-state index is 13.5. The molecule has 1 aliphatic rings. The Morgan fingerprint density at radius 2 is 1.95 bits per heavy atom. The highest BCUT2D eigenvalue weighted by Gasteiger charge is 2.27. The molecule has 2 aromatic carbocycles. The van der Waals surface area contributed by atoms with E-state index in [1.165, 1.54) is 17.0 Å². The highest BCUT2D eigenvalue weighted by molar-refractivity contribution is 7.09. The third kappa shape index (κ3) is 5.41. The second kappa shape index (κ2) is 11.0. The lowest BCUT2D eigenvalue weighted by atomic mass is 10.1. The van der Waals surface area contributed by atoms with Crippen LogP contribution in [0.25, 0.3) is 10.9 Å². The van der Waals surface area contributed by atoms with Crippen LogP contribution in [0.3, 0.4) is 0 Å². The molecule has 11 heteroatoms. The SMILES string of the molecule is CCCC(c1nnnn1Cc1ccc(F)cc1)N(Cc1cccs1)Cc1cc2cc3c(cc2[nH]c1=O)OCO3.